The molecule has 1 aromatic carbocycles. The van der Waals surface area contributed by atoms with Crippen molar-refractivity contribution in [2.24, 2.45) is 11.3 Å². The maximum atomic E-state index is 12.1. The van der Waals surface area contributed by atoms with Crippen molar-refractivity contribution in [3.8, 4) is 0 Å². The lowest BCUT2D eigenvalue weighted by atomic mass is 9.85. The molecule has 4 heteroatoms. The zero-order chi connectivity index (χ0) is 14.7. The molecule has 0 aromatic heterocycles. The van der Waals surface area contributed by atoms with Crippen LogP contribution >= 0.6 is 0 Å². The molecule has 0 fully saturated rings. The molecule has 3 nitrogen and oxygen atoms in total. The maximum Gasteiger partial charge on any atom is 0.296 e. The third-order valence-electron chi connectivity index (χ3n) is 2.88. The highest BCUT2D eigenvalue weighted by atomic mass is 32.2. The first-order valence-electron chi connectivity index (χ1n) is 6.58. The molecule has 108 valence electrons. The SMILES string of the molecule is Cc1ccc(S(=O)(=O)OCC(C)(C)CC(C)C)cc1. The molecule has 0 radical (unpaired) electrons. The van der Waals surface area contributed by atoms with E-state index in [0.717, 1.165) is 12.0 Å². The normalized spacial score (nSPS) is 12.9. The third kappa shape index (κ3) is 5.33. The largest absolute Gasteiger partial charge is 0.296 e. The van der Waals surface area contributed by atoms with Crippen LogP contribution in [-0.4, -0.2) is 15.0 Å². The lowest BCUT2D eigenvalue weighted by molar-refractivity contribution is 0.159. The number of aryl methyl sites for hydroxylation is 1. The molecule has 0 aliphatic heterocycles. The van der Waals surface area contributed by atoms with Crippen LogP contribution in [-0.2, 0) is 14.3 Å². The van der Waals surface area contributed by atoms with Crippen LogP contribution < -0.4 is 0 Å². The highest BCUT2D eigenvalue weighted by molar-refractivity contribution is 7.86. The third-order valence-corrected chi connectivity index (χ3v) is 4.15. The number of hydrogen-bond acceptors (Lipinski definition) is 3. The minimum atomic E-state index is -3.65. The van der Waals surface area contributed by atoms with Crippen molar-refractivity contribution < 1.29 is 12.6 Å². The van der Waals surface area contributed by atoms with Gasteiger partial charge in [0, 0.05) is 0 Å². The van der Waals surface area contributed by atoms with Gasteiger partial charge in [0.2, 0.25) is 0 Å². The minimum absolute atomic E-state index is 0.147. The van der Waals surface area contributed by atoms with Gasteiger partial charge in [-0.05, 0) is 36.8 Å². The molecule has 0 atom stereocenters. The van der Waals surface area contributed by atoms with Crippen LogP contribution in [0.5, 0.6) is 0 Å². The van der Waals surface area contributed by atoms with Crippen molar-refractivity contribution in [3.63, 3.8) is 0 Å². The number of hydrogen-bond donors (Lipinski definition) is 0. The molecule has 0 unspecified atom stereocenters. The first-order chi connectivity index (χ1) is 8.62. The number of benzene rings is 1. The van der Waals surface area contributed by atoms with E-state index in [1.54, 1.807) is 24.3 Å². The predicted octanol–water partition coefficient (Wildman–Crippen LogP) is 3.77. The second-order valence-electron chi connectivity index (χ2n) is 6.29. The van der Waals surface area contributed by atoms with Crippen molar-refractivity contribution in [3.05, 3.63) is 29.8 Å². The Morgan fingerprint density at radius 3 is 2.16 bits per heavy atom. The molecule has 0 aliphatic carbocycles. The van der Waals surface area contributed by atoms with Crippen LogP contribution in [0.15, 0.2) is 29.2 Å². The van der Waals surface area contributed by atoms with Crippen LogP contribution in [0.3, 0.4) is 0 Å². The van der Waals surface area contributed by atoms with Crippen molar-refractivity contribution in [1.29, 1.82) is 0 Å². The van der Waals surface area contributed by atoms with E-state index in [1.165, 1.54) is 0 Å². The summed E-state index contributed by atoms with van der Waals surface area (Å²) >= 11 is 0. The van der Waals surface area contributed by atoms with Crippen molar-refractivity contribution >= 4 is 10.1 Å². The Morgan fingerprint density at radius 2 is 1.68 bits per heavy atom. The molecule has 0 bridgehead atoms. The summed E-state index contributed by atoms with van der Waals surface area (Å²) in [7, 11) is -3.65. The monoisotopic (exact) mass is 284 g/mol. The van der Waals surface area contributed by atoms with Gasteiger partial charge in [-0.2, -0.15) is 8.42 Å². The molecule has 1 aromatic rings. The molecule has 19 heavy (non-hydrogen) atoms. The smallest absolute Gasteiger partial charge is 0.266 e. The molecule has 0 saturated heterocycles. The van der Waals surface area contributed by atoms with Gasteiger partial charge in [0.1, 0.15) is 0 Å². The fraction of sp³-hybridized carbons (Fsp3) is 0.600. The Labute approximate surface area is 117 Å². The van der Waals surface area contributed by atoms with E-state index >= 15 is 0 Å². The van der Waals surface area contributed by atoms with Gasteiger partial charge in [-0.15, -0.1) is 0 Å². The molecule has 0 aliphatic rings. The van der Waals surface area contributed by atoms with Crippen LogP contribution in [0, 0.1) is 18.3 Å². The Bertz CT molecular complexity index is 499. The van der Waals surface area contributed by atoms with Gasteiger partial charge in [0.25, 0.3) is 10.1 Å². The predicted molar refractivity (Wildman–Crippen MR) is 77.6 cm³/mol. The van der Waals surface area contributed by atoms with E-state index in [0.29, 0.717) is 5.92 Å². The second kappa shape index (κ2) is 6.06. The van der Waals surface area contributed by atoms with Crippen LogP contribution in [0.1, 0.15) is 39.7 Å². The molecular weight excluding hydrogens is 260 g/mol. The van der Waals surface area contributed by atoms with E-state index in [1.807, 2.05) is 20.8 Å². The zero-order valence-corrected chi connectivity index (χ0v) is 13.3. The number of rotatable bonds is 6. The summed E-state index contributed by atoms with van der Waals surface area (Å²) in [4.78, 5) is 0.221. The summed E-state index contributed by atoms with van der Waals surface area (Å²) in [6.07, 6.45) is 0.927. The van der Waals surface area contributed by atoms with E-state index in [2.05, 4.69) is 13.8 Å². The maximum absolute atomic E-state index is 12.1. The van der Waals surface area contributed by atoms with E-state index < -0.39 is 10.1 Å². The first kappa shape index (κ1) is 16.2. The van der Waals surface area contributed by atoms with Gasteiger partial charge in [-0.1, -0.05) is 45.4 Å². The van der Waals surface area contributed by atoms with E-state index in [9.17, 15) is 8.42 Å². The molecule has 0 amide bonds. The minimum Gasteiger partial charge on any atom is -0.266 e. The summed E-state index contributed by atoms with van der Waals surface area (Å²) in [6.45, 7) is 10.4. The van der Waals surface area contributed by atoms with E-state index in [4.69, 9.17) is 4.18 Å². The van der Waals surface area contributed by atoms with Crippen LogP contribution in [0.4, 0.5) is 0 Å². The Morgan fingerprint density at radius 1 is 1.16 bits per heavy atom. The Kier molecular flexibility index (Phi) is 5.16. The van der Waals surface area contributed by atoms with Gasteiger partial charge in [0.15, 0.2) is 0 Å². The summed E-state index contributed by atoms with van der Waals surface area (Å²) in [5.41, 5.74) is 0.880. The topological polar surface area (TPSA) is 43.4 Å². The van der Waals surface area contributed by atoms with Crippen LogP contribution in [0.2, 0.25) is 0 Å². The summed E-state index contributed by atoms with van der Waals surface area (Å²) in [5.74, 6) is 0.515. The average molecular weight is 284 g/mol. The highest BCUT2D eigenvalue weighted by Gasteiger charge is 2.24. The fourth-order valence-electron chi connectivity index (χ4n) is 2.17. The molecule has 0 spiro atoms. The van der Waals surface area contributed by atoms with Gasteiger partial charge in [0.05, 0.1) is 11.5 Å². The second-order valence-corrected chi connectivity index (χ2v) is 7.91. The first-order valence-corrected chi connectivity index (χ1v) is 7.99. The fourth-order valence-corrected chi connectivity index (χ4v) is 3.25. The summed E-state index contributed by atoms with van der Waals surface area (Å²) in [6, 6.07) is 6.71. The lowest BCUT2D eigenvalue weighted by Gasteiger charge is -2.25. The quantitative estimate of drug-likeness (QED) is 0.747. The molecule has 0 heterocycles. The van der Waals surface area contributed by atoms with Gasteiger partial charge in [-0.3, -0.25) is 4.18 Å². The lowest BCUT2D eigenvalue weighted by Crippen LogP contribution is -2.23. The Balaban J connectivity index is 2.73. The standard InChI is InChI=1S/C15H24O3S/c1-12(2)10-15(4,5)11-18-19(16,17)14-8-6-13(3)7-9-14/h6-9,12H,10-11H2,1-5H3. The van der Waals surface area contributed by atoms with Crippen LogP contribution in [0.25, 0.3) is 0 Å². The molecule has 1 rings (SSSR count). The summed E-state index contributed by atoms with van der Waals surface area (Å²) in [5, 5.41) is 0. The highest BCUT2D eigenvalue weighted by Crippen LogP contribution is 2.27. The van der Waals surface area contributed by atoms with Crippen molar-refractivity contribution in [2.75, 3.05) is 6.61 Å². The molecular formula is C15H24O3S. The van der Waals surface area contributed by atoms with Crippen molar-refractivity contribution in [1.82, 2.24) is 0 Å². The van der Waals surface area contributed by atoms with Gasteiger partial charge < -0.3 is 0 Å². The average Bonchev–Trinajstić information content (AvgIpc) is 2.26. The van der Waals surface area contributed by atoms with Crippen molar-refractivity contribution in [2.45, 2.75) is 45.9 Å². The van der Waals surface area contributed by atoms with E-state index in [-0.39, 0.29) is 16.9 Å². The van der Waals surface area contributed by atoms with Gasteiger partial charge >= 0.3 is 0 Å². The molecule has 0 N–H and O–H groups in total. The molecule has 0 saturated carbocycles. The summed E-state index contributed by atoms with van der Waals surface area (Å²) < 4.78 is 29.3. The Hall–Kier alpha value is -0.870. The van der Waals surface area contributed by atoms with Gasteiger partial charge in [-0.25, -0.2) is 0 Å². The zero-order valence-electron chi connectivity index (χ0n) is 12.4.